The van der Waals surface area contributed by atoms with Crippen molar-refractivity contribution < 1.29 is 34.2 Å². The second-order valence-electron chi connectivity index (χ2n) is 11.2. The summed E-state index contributed by atoms with van der Waals surface area (Å²) in [7, 11) is 0. The van der Waals surface area contributed by atoms with Gasteiger partial charge in [0, 0.05) is 19.3 Å². The van der Waals surface area contributed by atoms with E-state index in [0.29, 0.717) is 25.7 Å². The molecule has 0 fully saturated rings. The molecule has 0 heterocycles. The quantitative estimate of drug-likeness (QED) is 0.0882. The molecule has 0 bridgehead atoms. The monoisotopic (exact) mass is 541 g/mol. The van der Waals surface area contributed by atoms with E-state index in [1.165, 1.54) is 64.2 Å². The van der Waals surface area contributed by atoms with Crippen molar-refractivity contribution >= 4 is 17.9 Å². The third-order valence-electron chi connectivity index (χ3n) is 8.17. The Bertz CT molecular complexity index is 578. The highest BCUT2D eigenvalue weighted by atomic mass is 16.4. The summed E-state index contributed by atoms with van der Waals surface area (Å²) in [6.07, 6.45) is 18.9. The van der Waals surface area contributed by atoms with Gasteiger partial charge in [-0.1, -0.05) is 111 Å². The number of hydrogen-bond donors (Lipinski definition) is 2. The van der Waals surface area contributed by atoms with E-state index in [9.17, 15) is 29.7 Å². The van der Waals surface area contributed by atoms with Gasteiger partial charge in [-0.05, 0) is 25.7 Å². The molecule has 2 N–H and O–H groups in total. The van der Waals surface area contributed by atoms with Crippen LogP contribution in [0.5, 0.6) is 0 Å². The highest BCUT2D eigenvalue weighted by Gasteiger charge is 2.54. The number of carboxylic acids is 3. The standard InChI is InChI=1S/C31H59NO6/c1-5-9-10-11-12-13-14-15-16-17-18-19-20-21-25-32(26(22-6-2)29(33)34,27(23-7-3)30(35)36)28(24-8-4)31(37)38/h26-28H,5-25H2,1-4H3,(H2-,33,34,35,36,37,38). The molecule has 0 rings (SSSR count). The third-order valence-corrected chi connectivity index (χ3v) is 8.17. The molecule has 0 aliphatic heterocycles. The maximum atomic E-state index is 12.5. The molecule has 0 radical (unpaired) electrons. The second-order valence-corrected chi connectivity index (χ2v) is 11.2. The Kier molecular flexibility index (Phi) is 21.3. The highest BCUT2D eigenvalue weighted by Crippen LogP contribution is 2.34. The van der Waals surface area contributed by atoms with Gasteiger partial charge in [0.2, 0.25) is 0 Å². The van der Waals surface area contributed by atoms with Crippen LogP contribution in [0.15, 0.2) is 0 Å². The third kappa shape index (κ3) is 12.9. The summed E-state index contributed by atoms with van der Waals surface area (Å²) >= 11 is 0. The van der Waals surface area contributed by atoms with Crippen LogP contribution in [-0.2, 0) is 14.4 Å². The molecule has 7 nitrogen and oxygen atoms in total. The van der Waals surface area contributed by atoms with E-state index in [2.05, 4.69) is 6.92 Å². The van der Waals surface area contributed by atoms with E-state index < -0.39 is 40.5 Å². The maximum absolute atomic E-state index is 12.5. The van der Waals surface area contributed by atoms with Crippen molar-refractivity contribution in [1.82, 2.24) is 0 Å². The molecule has 0 aromatic rings. The van der Waals surface area contributed by atoms with Crippen molar-refractivity contribution in [1.29, 1.82) is 0 Å². The van der Waals surface area contributed by atoms with Gasteiger partial charge in [-0.15, -0.1) is 0 Å². The van der Waals surface area contributed by atoms with Crippen LogP contribution in [-0.4, -0.2) is 57.3 Å². The number of carbonyl (C=O) groups is 3. The highest BCUT2D eigenvalue weighted by molar-refractivity contribution is 5.77. The number of carboxylic acid groups (broad SMARTS) is 3. The average molecular weight is 542 g/mol. The molecule has 7 heteroatoms. The van der Waals surface area contributed by atoms with Crippen molar-refractivity contribution in [2.45, 2.75) is 174 Å². The number of hydrogen-bond acceptors (Lipinski definition) is 4. The van der Waals surface area contributed by atoms with Crippen LogP contribution < -0.4 is 5.11 Å². The van der Waals surface area contributed by atoms with E-state index in [1.807, 2.05) is 20.8 Å². The van der Waals surface area contributed by atoms with Gasteiger partial charge in [0.25, 0.3) is 0 Å². The number of carbonyl (C=O) groups excluding carboxylic acids is 1. The molecule has 0 aliphatic rings. The summed E-state index contributed by atoms with van der Waals surface area (Å²) in [5.74, 6) is -3.55. The van der Waals surface area contributed by atoms with Crippen LogP contribution in [0.2, 0.25) is 0 Å². The Balaban J connectivity index is 5.27. The molecule has 0 saturated carbocycles. The molecule has 224 valence electrons. The lowest BCUT2D eigenvalue weighted by Crippen LogP contribution is -2.74. The topological polar surface area (TPSA) is 115 Å². The summed E-state index contributed by atoms with van der Waals surface area (Å²) in [6, 6.07) is -3.31. The van der Waals surface area contributed by atoms with Gasteiger partial charge in [-0.25, -0.2) is 9.59 Å². The van der Waals surface area contributed by atoms with Crippen LogP contribution in [0.3, 0.4) is 0 Å². The molecule has 0 aliphatic carbocycles. The number of nitrogens with zero attached hydrogens (tertiary/aromatic N) is 1. The van der Waals surface area contributed by atoms with Crippen LogP contribution in [0.4, 0.5) is 0 Å². The van der Waals surface area contributed by atoms with Crippen molar-refractivity contribution in [3.05, 3.63) is 0 Å². The number of aliphatic carboxylic acids is 3. The molecular formula is C31H59NO6. The number of unbranched alkanes of at least 4 members (excludes halogenated alkanes) is 13. The Morgan fingerprint density at radius 1 is 0.526 bits per heavy atom. The van der Waals surface area contributed by atoms with Crippen molar-refractivity contribution in [2.75, 3.05) is 6.54 Å². The lowest BCUT2D eigenvalue weighted by atomic mass is 9.91. The minimum Gasteiger partial charge on any atom is -0.544 e. The first-order valence-electron chi connectivity index (χ1n) is 15.8. The maximum Gasteiger partial charge on any atom is 0.362 e. The first-order valence-corrected chi connectivity index (χ1v) is 15.8. The zero-order valence-electron chi connectivity index (χ0n) is 25.1. The van der Waals surface area contributed by atoms with Crippen LogP contribution >= 0.6 is 0 Å². The summed E-state index contributed by atoms with van der Waals surface area (Å²) in [5, 5.41) is 32.9. The first-order chi connectivity index (χ1) is 18.2. The Morgan fingerprint density at radius 2 is 0.842 bits per heavy atom. The smallest absolute Gasteiger partial charge is 0.362 e. The lowest BCUT2D eigenvalue weighted by Gasteiger charge is -2.52. The van der Waals surface area contributed by atoms with Crippen LogP contribution in [0.1, 0.15) is 156 Å². The zero-order chi connectivity index (χ0) is 28.8. The minimum absolute atomic E-state index is 0.210. The molecular weight excluding hydrogens is 482 g/mol. The normalized spacial score (nSPS) is 15.5. The second kappa shape index (κ2) is 22.2. The van der Waals surface area contributed by atoms with Gasteiger partial charge in [-0.2, -0.15) is 0 Å². The summed E-state index contributed by atoms with van der Waals surface area (Å²) in [5.41, 5.74) is 0. The lowest BCUT2D eigenvalue weighted by molar-refractivity contribution is -0.975. The Hall–Kier alpha value is -1.63. The van der Waals surface area contributed by atoms with E-state index in [4.69, 9.17) is 0 Å². The predicted octanol–water partition coefficient (Wildman–Crippen LogP) is 6.71. The van der Waals surface area contributed by atoms with Gasteiger partial charge in [0.05, 0.1) is 12.5 Å². The molecule has 0 aromatic carbocycles. The SMILES string of the molecule is CCCCCCCCCCCCCCCC[N+](C(CCC)C(=O)[O-])(C(CCC)C(=O)O)C(CCC)C(=O)O. The zero-order valence-corrected chi connectivity index (χ0v) is 25.1. The summed E-state index contributed by atoms with van der Waals surface area (Å²) < 4.78 is -0.430. The van der Waals surface area contributed by atoms with Crippen LogP contribution in [0, 0.1) is 0 Å². The minimum atomic E-state index is -1.33. The molecule has 3 atom stereocenters. The molecule has 0 aromatic heterocycles. The van der Waals surface area contributed by atoms with E-state index in [1.54, 1.807) is 0 Å². The fraction of sp³-hybridized carbons (Fsp3) is 0.903. The predicted molar refractivity (Wildman–Crippen MR) is 152 cm³/mol. The fourth-order valence-corrected chi connectivity index (χ4v) is 6.21. The summed E-state index contributed by atoms with van der Waals surface area (Å²) in [6.45, 7) is 8.05. The van der Waals surface area contributed by atoms with E-state index >= 15 is 0 Å². The molecule has 0 amide bonds. The summed E-state index contributed by atoms with van der Waals surface area (Å²) in [4.78, 5) is 37.5. The largest absolute Gasteiger partial charge is 0.544 e. The van der Waals surface area contributed by atoms with Gasteiger partial charge in [-0.3, -0.25) is 4.48 Å². The van der Waals surface area contributed by atoms with Crippen molar-refractivity contribution in [2.24, 2.45) is 0 Å². The molecule has 0 spiro atoms. The Labute approximate surface area is 233 Å². The fourth-order valence-electron chi connectivity index (χ4n) is 6.21. The molecule has 38 heavy (non-hydrogen) atoms. The molecule has 0 saturated heterocycles. The van der Waals surface area contributed by atoms with Gasteiger partial charge in [0.1, 0.15) is 6.04 Å². The average Bonchev–Trinajstić information content (AvgIpc) is 2.87. The van der Waals surface area contributed by atoms with E-state index in [-0.39, 0.29) is 25.8 Å². The number of quaternary nitrogens is 1. The Morgan fingerprint density at radius 3 is 1.13 bits per heavy atom. The first kappa shape index (κ1) is 36.4. The van der Waals surface area contributed by atoms with Gasteiger partial charge >= 0.3 is 11.9 Å². The van der Waals surface area contributed by atoms with E-state index in [0.717, 1.165) is 19.3 Å². The van der Waals surface area contributed by atoms with Crippen molar-refractivity contribution in [3.8, 4) is 0 Å². The van der Waals surface area contributed by atoms with Gasteiger partial charge < -0.3 is 20.1 Å². The number of rotatable bonds is 27. The van der Waals surface area contributed by atoms with Crippen LogP contribution in [0.25, 0.3) is 0 Å². The van der Waals surface area contributed by atoms with Crippen molar-refractivity contribution in [3.63, 3.8) is 0 Å². The molecule has 3 unspecified atom stereocenters. The van der Waals surface area contributed by atoms with Gasteiger partial charge in [0.15, 0.2) is 12.1 Å².